The van der Waals surface area contributed by atoms with E-state index in [4.69, 9.17) is 0 Å². The number of sulfonamides is 1. The van der Waals surface area contributed by atoms with Crippen LogP contribution in [-0.4, -0.2) is 69.0 Å². The second-order valence-corrected chi connectivity index (χ2v) is 7.46. The van der Waals surface area contributed by atoms with Crippen molar-refractivity contribution in [1.29, 1.82) is 0 Å². The first-order valence-electron chi connectivity index (χ1n) is 6.98. The van der Waals surface area contributed by atoms with E-state index in [0.717, 1.165) is 19.1 Å². The number of likely N-dealkylation sites (N-methyl/N-ethyl adjacent to an activating group) is 1. The average Bonchev–Trinajstić information content (AvgIpc) is 2.44. The lowest BCUT2D eigenvalue weighted by Gasteiger charge is -2.35. The molecule has 0 N–H and O–H groups in total. The van der Waals surface area contributed by atoms with E-state index in [1.807, 2.05) is 0 Å². The molecule has 0 aliphatic carbocycles. The Hall–Kier alpha value is -1.15. The van der Waals surface area contributed by atoms with Gasteiger partial charge in [0.05, 0.1) is 19.3 Å². The number of hydrogen-bond donors (Lipinski definition) is 0. The minimum absolute atomic E-state index is 0.208. The zero-order chi connectivity index (χ0) is 16.2. The van der Waals surface area contributed by atoms with Gasteiger partial charge in [-0.15, -0.1) is 0 Å². The van der Waals surface area contributed by atoms with E-state index >= 15 is 0 Å². The number of ether oxygens (including phenoxy) is 1. The van der Waals surface area contributed by atoms with Gasteiger partial charge in [-0.05, 0) is 12.8 Å². The van der Waals surface area contributed by atoms with Crippen LogP contribution in [0.1, 0.15) is 26.2 Å². The Morgan fingerprint density at radius 3 is 2.52 bits per heavy atom. The normalized spacial score (nSPS) is 21.6. The number of nitrogens with zero attached hydrogens (tertiary/aromatic N) is 2. The van der Waals surface area contributed by atoms with E-state index in [9.17, 15) is 18.0 Å². The van der Waals surface area contributed by atoms with Crippen LogP contribution in [0.5, 0.6) is 0 Å². The Bertz CT molecular complexity index is 491. The molecular formula is C13H24N2O5S. The molecule has 1 aliphatic rings. The molecule has 1 aliphatic heterocycles. The second kappa shape index (κ2) is 7.22. The molecule has 0 saturated carbocycles. The Labute approximate surface area is 126 Å². The smallest absolute Gasteiger partial charge is 0.310 e. The molecule has 0 aromatic carbocycles. The molecule has 2 unspecified atom stereocenters. The van der Waals surface area contributed by atoms with E-state index < -0.39 is 28.0 Å². The quantitative estimate of drug-likeness (QED) is 0.669. The summed E-state index contributed by atoms with van der Waals surface area (Å²) in [5.74, 6) is -1.10. The van der Waals surface area contributed by atoms with Gasteiger partial charge in [0.1, 0.15) is 6.04 Å². The van der Waals surface area contributed by atoms with Gasteiger partial charge in [-0.1, -0.05) is 13.3 Å². The Kier molecular flexibility index (Phi) is 6.15. The molecule has 0 spiro atoms. The molecule has 122 valence electrons. The lowest BCUT2D eigenvalue weighted by Crippen LogP contribution is -2.52. The molecule has 0 bridgehead atoms. The van der Waals surface area contributed by atoms with Crippen LogP contribution in [0.2, 0.25) is 0 Å². The molecule has 1 rings (SSSR count). The summed E-state index contributed by atoms with van der Waals surface area (Å²) < 4.78 is 29.5. The van der Waals surface area contributed by atoms with Gasteiger partial charge in [0, 0.05) is 20.1 Å². The third kappa shape index (κ3) is 4.67. The summed E-state index contributed by atoms with van der Waals surface area (Å²) in [6.07, 6.45) is 3.22. The molecule has 1 amide bonds. The standard InChI is InChI=1S/C13H24N2O5S/c1-10(13(17)20-3)9-14(2)12(16)11-7-5-6-8-15(11)21(4,18)19/h10-11H,5-9H2,1-4H3. The number of methoxy groups -OCH3 is 1. The number of amides is 1. The first kappa shape index (κ1) is 17.9. The van der Waals surface area contributed by atoms with Gasteiger partial charge in [0.15, 0.2) is 0 Å². The van der Waals surface area contributed by atoms with E-state index in [1.165, 1.54) is 16.3 Å². The maximum absolute atomic E-state index is 12.5. The fraction of sp³-hybridized carbons (Fsp3) is 0.846. The number of esters is 1. The second-order valence-electron chi connectivity index (χ2n) is 5.53. The van der Waals surface area contributed by atoms with Crippen molar-refractivity contribution >= 4 is 21.9 Å². The highest BCUT2D eigenvalue weighted by molar-refractivity contribution is 7.88. The highest BCUT2D eigenvalue weighted by Crippen LogP contribution is 2.21. The zero-order valence-electron chi connectivity index (χ0n) is 13.0. The van der Waals surface area contributed by atoms with E-state index in [-0.39, 0.29) is 12.5 Å². The van der Waals surface area contributed by atoms with Gasteiger partial charge in [0.2, 0.25) is 15.9 Å². The molecule has 2 atom stereocenters. The van der Waals surface area contributed by atoms with Crippen LogP contribution >= 0.6 is 0 Å². The van der Waals surface area contributed by atoms with Crippen LogP contribution in [0.3, 0.4) is 0 Å². The van der Waals surface area contributed by atoms with Gasteiger partial charge in [-0.3, -0.25) is 9.59 Å². The molecule has 1 saturated heterocycles. The van der Waals surface area contributed by atoms with Crippen molar-refractivity contribution in [2.45, 2.75) is 32.2 Å². The molecule has 0 radical (unpaired) electrons. The van der Waals surface area contributed by atoms with Crippen molar-refractivity contribution in [2.75, 3.05) is 33.5 Å². The molecule has 21 heavy (non-hydrogen) atoms. The van der Waals surface area contributed by atoms with Crippen LogP contribution in [0.4, 0.5) is 0 Å². The highest BCUT2D eigenvalue weighted by Gasteiger charge is 2.36. The van der Waals surface area contributed by atoms with E-state index in [0.29, 0.717) is 13.0 Å². The number of carbonyl (C=O) groups excluding carboxylic acids is 2. The fourth-order valence-electron chi connectivity index (χ4n) is 2.58. The predicted octanol–water partition coefficient (Wildman–Crippen LogP) is 0.0680. The summed E-state index contributed by atoms with van der Waals surface area (Å²) in [6, 6.07) is -0.663. The maximum atomic E-state index is 12.5. The Morgan fingerprint density at radius 1 is 1.38 bits per heavy atom. The van der Waals surface area contributed by atoms with Crippen LogP contribution < -0.4 is 0 Å². The largest absolute Gasteiger partial charge is 0.469 e. The Balaban J connectivity index is 2.78. The van der Waals surface area contributed by atoms with Crippen LogP contribution in [0, 0.1) is 5.92 Å². The predicted molar refractivity (Wildman–Crippen MR) is 78.0 cm³/mol. The lowest BCUT2D eigenvalue weighted by molar-refractivity contribution is -0.146. The van der Waals surface area contributed by atoms with Crippen LogP contribution in [0.25, 0.3) is 0 Å². The van der Waals surface area contributed by atoms with Crippen LogP contribution in [0.15, 0.2) is 0 Å². The van der Waals surface area contributed by atoms with Crippen molar-refractivity contribution < 1.29 is 22.7 Å². The van der Waals surface area contributed by atoms with E-state index in [1.54, 1.807) is 14.0 Å². The fourth-order valence-corrected chi connectivity index (χ4v) is 3.70. The summed E-state index contributed by atoms with van der Waals surface area (Å²) in [6.45, 7) is 2.25. The first-order valence-corrected chi connectivity index (χ1v) is 8.83. The number of rotatable bonds is 5. The molecule has 1 heterocycles. The van der Waals surface area contributed by atoms with Crippen molar-refractivity contribution in [2.24, 2.45) is 5.92 Å². The minimum atomic E-state index is -3.41. The van der Waals surface area contributed by atoms with Crippen LogP contribution in [-0.2, 0) is 24.3 Å². The van der Waals surface area contributed by atoms with Gasteiger partial charge in [-0.25, -0.2) is 8.42 Å². The molecular weight excluding hydrogens is 296 g/mol. The maximum Gasteiger partial charge on any atom is 0.310 e. The summed E-state index contributed by atoms with van der Waals surface area (Å²) in [7, 11) is -0.530. The SMILES string of the molecule is COC(=O)C(C)CN(C)C(=O)C1CCCCN1S(C)(=O)=O. The zero-order valence-corrected chi connectivity index (χ0v) is 13.9. The summed E-state index contributed by atoms with van der Waals surface area (Å²) >= 11 is 0. The minimum Gasteiger partial charge on any atom is -0.469 e. The number of carbonyl (C=O) groups is 2. The van der Waals surface area contributed by atoms with Gasteiger partial charge in [0.25, 0.3) is 0 Å². The third-order valence-electron chi connectivity index (χ3n) is 3.69. The van der Waals surface area contributed by atoms with Gasteiger partial charge in [-0.2, -0.15) is 4.31 Å². The van der Waals surface area contributed by atoms with Crippen molar-refractivity contribution in [1.82, 2.24) is 9.21 Å². The summed E-state index contributed by atoms with van der Waals surface area (Å²) in [4.78, 5) is 25.3. The molecule has 8 heteroatoms. The highest BCUT2D eigenvalue weighted by atomic mass is 32.2. The first-order chi connectivity index (χ1) is 9.68. The molecule has 7 nitrogen and oxygen atoms in total. The van der Waals surface area contributed by atoms with Crippen molar-refractivity contribution in [3.8, 4) is 0 Å². The summed E-state index contributed by atoms with van der Waals surface area (Å²) in [5.41, 5.74) is 0. The van der Waals surface area contributed by atoms with Crippen molar-refractivity contribution in [3.05, 3.63) is 0 Å². The number of hydrogen-bond acceptors (Lipinski definition) is 5. The topological polar surface area (TPSA) is 84.0 Å². The average molecular weight is 320 g/mol. The van der Waals surface area contributed by atoms with E-state index in [2.05, 4.69) is 4.74 Å². The lowest BCUT2D eigenvalue weighted by atomic mass is 10.0. The van der Waals surface area contributed by atoms with Gasteiger partial charge < -0.3 is 9.64 Å². The monoisotopic (exact) mass is 320 g/mol. The third-order valence-corrected chi connectivity index (χ3v) is 4.98. The molecule has 0 aromatic rings. The van der Waals surface area contributed by atoms with Gasteiger partial charge >= 0.3 is 5.97 Å². The molecule has 1 fully saturated rings. The summed E-state index contributed by atoms with van der Waals surface area (Å²) in [5, 5.41) is 0. The number of piperidine rings is 1. The Morgan fingerprint density at radius 2 is 2.00 bits per heavy atom. The molecule has 0 aromatic heterocycles. The van der Waals surface area contributed by atoms with Crippen molar-refractivity contribution in [3.63, 3.8) is 0 Å².